The minimum Gasteiger partial charge on any atom is -0.357 e. The van der Waals surface area contributed by atoms with E-state index in [0.29, 0.717) is 12.1 Å². The van der Waals surface area contributed by atoms with Gasteiger partial charge >= 0.3 is 0 Å². The maximum absolute atomic E-state index is 3.46. The van der Waals surface area contributed by atoms with Gasteiger partial charge in [-0.15, -0.1) is 0 Å². The molecule has 0 radical (unpaired) electrons. The molecular weight excluding hydrogens is 148 g/mol. The van der Waals surface area contributed by atoms with Gasteiger partial charge in [0.15, 0.2) is 0 Å². The molecule has 2 heteroatoms. The highest BCUT2D eigenvalue weighted by atomic mass is 15.0. The summed E-state index contributed by atoms with van der Waals surface area (Å²) in [4.78, 5) is 0. The van der Waals surface area contributed by atoms with E-state index in [0.717, 1.165) is 0 Å². The van der Waals surface area contributed by atoms with Crippen LogP contribution >= 0.6 is 0 Å². The molecule has 0 aliphatic carbocycles. The lowest BCUT2D eigenvalue weighted by atomic mass is 10.1. The molecule has 0 unspecified atom stereocenters. The molecule has 0 spiro atoms. The Morgan fingerprint density at radius 2 is 2.00 bits per heavy atom. The second-order valence-electron chi connectivity index (χ2n) is 3.65. The molecule has 1 aromatic heterocycles. The number of aryl methyl sites for hydroxylation is 1. The molecular formula is C10H18N2. The summed E-state index contributed by atoms with van der Waals surface area (Å²) in [5.41, 5.74) is 1.35. The molecule has 0 saturated carbocycles. The fourth-order valence-electron chi connectivity index (χ4n) is 1.38. The summed E-state index contributed by atoms with van der Waals surface area (Å²) in [6, 6.07) is 3.14. The lowest BCUT2D eigenvalue weighted by Crippen LogP contribution is -2.25. The quantitative estimate of drug-likeness (QED) is 0.727. The zero-order chi connectivity index (χ0) is 9.14. The third kappa shape index (κ3) is 2.38. The minimum absolute atomic E-state index is 0.450. The molecule has 0 bridgehead atoms. The Morgan fingerprint density at radius 3 is 2.42 bits per heavy atom. The summed E-state index contributed by atoms with van der Waals surface area (Å²) in [5.74, 6) is 0. The van der Waals surface area contributed by atoms with Crippen molar-refractivity contribution < 1.29 is 0 Å². The second-order valence-corrected chi connectivity index (χ2v) is 3.65. The van der Waals surface area contributed by atoms with Crippen molar-refractivity contribution in [1.29, 1.82) is 0 Å². The highest BCUT2D eigenvalue weighted by molar-refractivity contribution is 5.14. The number of nitrogens with one attached hydrogen (secondary N) is 1. The Kier molecular flexibility index (Phi) is 2.93. The van der Waals surface area contributed by atoms with E-state index in [9.17, 15) is 0 Å². The van der Waals surface area contributed by atoms with E-state index in [2.05, 4.69) is 49.1 Å². The first kappa shape index (κ1) is 9.33. The van der Waals surface area contributed by atoms with Gasteiger partial charge in [0.1, 0.15) is 0 Å². The van der Waals surface area contributed by atoms with Crippen molar-refractivity contribution in [3.8, 4) is 0 Å². The zero-order valence-electron chi connectivity index (χ0n) is 8.33. The highest BCUT2D eigenvalue weighted by Crippen LogP contribution is 2.12. The van der Waals surface area contributed by atoms with Gasteiger partial charge in [-0.1, -0.05) is 13.8 Å². The van der Waals surface area contributed by atoms with E-state index in [1.165, 1.54) is 5.56 Å². The maximum Gasteiger partial charge on any atom is 0.0309 e. The van der Waals surface area contributed by atoms with Crippen molar-refractivity contribution in [2.45, 2.75) is 32.9 Å². The summed E-state index contributed by atoms with van der Waals surface area (Å²) in [6.07, 6.45) is 4.23. The molecule has 0 fully saturated rings. The standard InChI is InChI=1S/C10H18N2/c1-8(2)11-9(3)10-5-6-12(4)7-10/h5-9,11H,1-4H3/t9-/m1/s1. The molecule has 1 atom stereocenters. The van der Waals surface area contributed by atoms with Gasteiger partial charge in [0, 0.05) is 31.5 Å². The second kappa shape index (κ2) is 3.76. The number of rotatable bonds is 3. The smallest absolute Gasteiger partial charge is 0.0309 e. The average molecular weight is 166 g/mol. The molecule has 2 nitrogen and oxygen atoms in total. The van der Waals surface area contributed by atoms with Gasteiger partial charge in [0.05, 0.1) is 0 Å². The first-order valence-corrected chi connectivity index (χ1v) is 4.47. The summed E-state index contributed by atoms with van der Waals surface area (Å²) in [7, 11) is 2.05. The first-order valence-electron chi connectivity index (χ1n) is 4.47. The maximum atomic E-state index is 3.46. The van der Waals surface area contributed by atoms with Crippen molar-refractivity contribution in [2.24, 2.45) is 7.05 Å². The van der Waals surface area contributed by atoms with Crippen molar-refractivity contribution in [3.05, 3.63) is 24.0 Å². The number of nitrogens with zero attached hydrogens (tertiary/aromatic N) is 1. The van der Waals surface area contributed by atoms with Crippen LogP contribution in [0.5, 0.6) is 0 Å². The van der Waals surface area contributed by atoms with E-state index in [1.54, 1.807) is 0 Å². The predicted octanol–water partition coefficient (Wildman–Crippen LogP) is 2.08. The Morgan fingerprint density at radius 1 is 1.33 bits per heavy atom. The van der Waals surface area contributed by atoms with Gasteiger partial charge in [-0.05, 0) is 18.6 Å². The molecule has 1 rings (SSSR count). The number of aromatic nitrogens is 1. The highest BCUT2D eigenvalue weighted by Gasteiger charge is 2.06. The molecule has 0 aromatic carbocycles. The number of hydrogen-bond acceptors (Lipinski definition) is 1. The van der Waals surface area contributed by atoms with Crippen LogP contribution in [0.2, 0.25) is 0 Å². The van der Waals surface area contributed by atoms with Crippen molar-refractivity contribution in [2.75, 3.05) is 0 Å². The van der Waals surface area contributed by atoms with E-state index in [4.69, 9.17) is 0 Å². The van der Waals surface area contributed by atoms with Gasteiger partial charge in [-0.3, -0.25) is 0 Å². The molecule has 0 amide bonds. The van der Waals surface area contributed by atoms with Crippen LogP contribution in [0, 0.1) is 0 Å². The van der Waals surface area contributed by atoms with Crippen molar-refractivity contribution in [3.63, 3.8) is 0 Å². The Bertz CT molecular complexity index is 238. The van der Waals surface area contributed by atoms with Crippen LogP contribution < -0.4 is 5.32 Å². The fourth-order valence-corrected chi connectivity index (χ4v) is 1.38. The molecule has 1 aromatic rings. The fraction of sp³-hybridized carbons (Fsp3) is 0.600. The molecule has 0 aliphatic heterocycles. The van der Waals surface area contributed by atoms with Gasteiger partial charge in [0.25, 0.3) is 0 Å². The molecule has 0 saturated heterocycles. The Labute approximate surface area is 74.6 Å². The molecule has 0 aliphatic rings. The first-order chi connectivity index (χ1) is 5.59. The van der Waals surface area contributed by atoms with E-state index < -0.39 is 0 Å². The topological polar surface area (TPSA) is 17.0 Å². The summed E-state index contributed by atoms with van der Waals surface area (Å²) in [6.45, 7) is 6.52. The SMILES string of the molecule is CC(C)N[C@H](C)c1ccn(C)c1. The van der Waals surface area contributed by atoms with E-state index >= 15 is 0 Å². The lowest BCUT2D eigenvalue weighted by molar-refractivity contribution is 0.506. The van der Waals surface area contributed by atoms with Crippen LogP contribution in [-0.2, 0) is 7.05 Å². The van der Waals surface area contributed by atoms with Crippen LogP contribution in [-0.4, -0.2) is 10.6 Å². The van der Waals surface area contributed by atoms with Crippen LogP contribution in [0.4, 0.5) is 0 Å². The van der Waals surface area contributed by atoms with Gasteiger partial charge < -0.3 is 9.88 Å². The van der Waals surface area contributed by atoms with Crippen molar-refractivity contribution in [1.82, 2.24) is 9.88 Å². The summed E-state index contributed by atoms with van der Waals surface area (Å²) < 4.78 is 2.08. The lowest BCUT2D eigenvalue weighted by Gasteiger charge is -2.15. The average Bonchev–Trinajstić information content (AvgIpc) is 2.34. The van der Waals surface area contributed by atoms with Crippen LogP contribution in [0.25, 0.3) is 0 Å². The summed E-state index contributed by atoms with van der Waals surface area (Å²) >= 11 is 0. The molecule has 68 valence electrons. The zero-order valence-corrected chi connectivity index (χ0v) is 8.33. The molecule has 1 N–H and O–H groups in total. The molecule has 12 heavy (non-hydrogen) atoms. The van der Waals surface area contributed by atoms with Crippen molar-refractivity contribution >= 4 is 0 Å². The monoisotopic (exact) mass is 166 g/mol. The van der Waals surface area contributed by atoms with Gasteiger partial charge in [-0.2, -0.15) is 0 Å². The third-order valence-electron chi connectivity index (χ3n) is 1.94. The summed E-state index contributed by atoms with van der Waals surface area (Å²) in [5, 5.41) is 3.46. The van der Waals surface area contributed by atoms with Gasteiger partial charge in [-0.25, -0.2) is 0 Å². The van der Waals surface area contributed by atoms with Crippen LogP contribution in [0.15, 0.2) is 18.5 Å². The Balaban J connectivity index is 2.58. The van der Waals surface area contributed by atoms with E-state index in [1.807, 2.05) is 7.05 Å². The normalized spacial score (nSPS) is 13.8. The third-order valence-corrected chi connectivity index (χ3v) is 1.94. The minimum atomic E-state index is 0.450. The Hall–Kier alpha value is -0.760. The van der Waals surface area contributed by atoms with E-state index in [-0.39, 0.29) is 0 Å². The van der Waals surface area contributed by atoms with Crippen LogP contribution in [0.3, 0.4) is 0 Å². The predicted molar refractivity (Wildman–Crippen MR) is 52.1 cm³/mol. The van der Waals surface area contributed by atoms with Gasteiger partial charge in [0.2, 0.25) is 0 Å². The largest absolute Gasteiger partial charge is 0.357 e. The number of hydrogen-bond donors (Lipinski definition) is 1. The molecule has 1 heterocycles. The van der Waals surface area contributed by atoms with Crippen LogP contribution in [0.1, 0.15) is 32.4 Å².